The van der Waals surface area contributed by atoms with Crippen LogP contribution in [0.15, 0.2) is 43.0 Å². The number of rotatable bonds is 4. The molecule has 1 aliphatic rings. The highest BCUT2D eigenvalue weighted by Gasteiger charge is 2.35. The van der Waals surface area contributed by atoms with Gasteiger partial charge < -0.3 is 0 Å². The molecule has 6 nitrogen and oxygen atoms in total. The molecule has 0 bridgehead atoms. The van der Waals surface area contributed by atoms with Gasteiger partial charge in [0.25, 0.3) is 0 Å². The van der Waals surface area contributed by atoms with E-state index in [4.69, 9.17) is 0 Å². The molecule has 0 N–H and O–H groups in total. The van der Waals surface area contributed by atoms with Gasteiger partial charge in [-0.25, -0.2) is 8.42 Å². The molecule has 1 aromatic carbocycles. The van der Waals surface area contributed by atoms with Crippen LogP contribution in [-0.4, -0.2) is 33.9 Å². The van der Waals surface area contributed by atoms with Crippen molar-refractivity contribution in [2.24, 2.45) is 0 Å². The minimum absolute atomic E-state index is 0.102. The first kappa shape index (κ1) is 17.9. The first-order chi connectivity index (χ1) is 12.8. The van der Waals surface area contributed by atoms with Crippen LogP contribution in [0.5, 0.6) is 0 Å². The number of aryl methyl sites for hydroxylation is 2. The van der Waals surface area contributed by atoms with Crippen molar-refractivity contribution in [1.82, 2.24) is 19.7 Å². The van der Waals surface area contributed by atoms with Gasteiger partial charge >= 0.3 is 0 Å². The summed E-state index contributed by atoms with van der Waals surface area (Å²) in [5.41, 5.74) is 4.99. The van der Waals surface area contributed by atoms with Crippen molar-refractivity contribution in [1.29, 1.82) is 0 Å². The summed E-state index contributed by atoms with van der Waals surface area (Å²) in [5, 5.41) is 8.15. The fourth-order valence-corrected chi connectivity index (χ4v) is 4.74. The van der Waals surface area contributed by atoms with Crippen molar-refractivity contribution in [3.05, 3.63) is 59.9 Å². The van der Waals surface area contributed by atoms with E-state index in [1.165, 1.54) is 5.56 Å². The van der Waals surface area contributed by atoms with Gasteiger partial charge in [0, 0.05) is 30.1 Å². The second-order valence-electron chi connectivity index (χ2n) is 7.34. The maximum Gasteiger partial charge on any atom is 0.159 e. The molecule has 0 unspecified atom stereocenters. The van der Waals surface area contributed by atoms with Crippen LogP contribution in [-0.2, 0) is 27.4 Å². The van der Waals surface area contributed by atoms with Crippen LogP contribution in [0.4, 0.5) is 0 Å². The number of benzene rings is 1. The van der Waals surface area contributed by atoms with Gasteiger partial charge in [0.05, 0.1) is 10.4 Å². The number of sulfone groups is 1. The molecular weight excluding hydrogens is 360 g/mol. The molecular formula is C20H22N4O2S. The van der Waals surface area contributed by atoms with E-state index in [2.05, 4.69) is 27.3 Å². The van der Waals surface area contributed by atoms with E-state index in [-0.39, 0.29) is 5.75 Å². The summed E-state index contributed by atoms with van der Waals surface area (Å²) < 4.78 is 26.1. The molecule has 4 rings (SSSR count). The van der Waals surface area contributed by atoms with Crippen molar-refractivity contribution >= 4 is 9.84 Å². The Morgan fingerprint density at radius 2 is 1.93 bits per heavy atom. The molecule has 0 radical (unpaired) electrons. The highest BCUT2D eigenvalue weighted by molar-refractivity contribution is 7.92. The first-order valence-corrected chi connectivity index (χ1v) is 10.7. The molecule has 2 aromatic heterocycles. The lowest BCUT2D eigenvalue weighted by atomic mass is 9.95. The Morgan fingerprint density at radius 1 is 1.11 bits per heavy atom. The van der Waals surface area contributed by atoms with E-state index in [0.29, 0.717) is 5.56 Å². The van der Waals surface area contributed by atoms with Crippen molar-refractivity contribution in [2.45, 2.75) is 38.4 Å². The summed E-state index contributed by atoms with van der Waals surface area (Å²) in [6, 6.07) is 8.20. The minimum Gasteiger partial charge on any atom is -0.285 e. The second kappa shape index (κ2) is 6.27. The van der Waals surface area contributed by atoms with Crippen LogP contribution < -0.4 is 0 Å². The van der Waals surface area contributed by atoms with Crippen LogP contribution in [0.3, 0.4) is 0 Å². The Bertz CT molecular complexity index is 1120. The summed E-state index contributed by atoms with van der Waals surface area (Å²) in [5.74, 6) is 1.08. The number of fused-ring (bicyclic) bond motifs is 3. The lowest BCUT2D eigenvalue weighted by molar-refractivity contribution is 0.556. The van der Waals surface area contributed by atoms with Crippen LogP contribution >= 0.6 is 0 Å². The maximum atomic E-state index is 12.5. The minimum atomic E-state index is -3.25. The SMILES string of the molecule is CCS(=O)(=O)C(C)(C)c1cncc(-c2ccc3c(c2)CCc2nncn2-3)c1. The zero-order valence-corrected chi connectivity index (χ0v) is 16.5. The summed E-state index contributed by atoms with van der Waals surface area (Å²) in [6.07, 6.45) is 6.94. The van der Waals surface area contributed by atoms with E-state index < -0.39 is 14.6 Å². The lowest BCUT2D eigenvalue weighted by Gasteiger charge is -2.25. The van der Waals surface area contributed by atoms with E-state index in [0.717, 1.165) is 35.5 Å². The van der Waals surface area contributed by atoms with E-state index >= 15 is 0 Å². The first-order valence-electron chi connectivity index (χ1n) is 9.04. The molecule has 140 valence electrons. The van der Waals surface area contributed by atoms with Crippen LogP contribution in [0, 0.1) is 0 Å². The predicted molar refractivity (Wildman–Crippen MR) is 104 cm³/mol. The molecule has 0 atom stereocenters. The molecule has 27 heavy (non-hydrogen) atoms. The van der Waals surface area contributed by atoms with Gasteiger partial charge in [-0.1, -0.05) is 13.0 Å². The van der Waals surface area contributed by atoms with Gasteiger partial charge in [-0.05, 0) is 55.2 Å². The molecule has 7 heteroatoms. The third-order valence-corrected chi connectivity index (χ3v) is 8.05. The van der Waals surface area contributed by atoms with Gasteiger partial charge in [-0.3, -0.25) is 9.55 Å². The number of pyridine rings is 1. The zero-order chi connectivity index (χ0) is 19.2. The number of nitrogens with zero attached hydrogens (tertiary/aromatic N) is 4. The highest BCUT2D eigenvalue weighted by Crippen LogP contribution is 2.33. The number of hydrogen-bond donors (Lipinski definition) is 0. The Morgan fingerprint density at radius 3 is 2.70 bits per heavy atom. The van der Waals surface area contributed by atoms with Crippen molar-refractivity contribution in [3.63, 3.8) is 0 Å². The third kappa shape index (κ3) is 2.86. The van der Waals surface area contributed by atoms with Crippen molar-refractivity contribution in [3.8, 4) is 16.8 Å². The van der Waals surface area contributed by atoms with E-state index in [9.17, 15) is 8.42 Å². The maximum absolute atomic E-state index is 12.5. The molecule has 3 heterocycles. The van der Waals surface area contributed by atoms with Gasteiger partial charge in [0.2, 0.25) is 0 Å². The topological polar surface area (TPSA) is 77.7 Å². The molecule has 0 fully saturated rings. The smallest absolute Gasteiger partial charge is 0.159 e. The monoisotopic (exact) mass is 382 g/mol. The van der Waals surface area contributed by atoms with Crippen molar-refractivity contribution in [2.75, 3.05) is 5.75 Å². The fraction of sp³-hybridized carbons (Fsp3) is 0.350. The molecule has 3 aromatic rings. The van der Waals surface area contributed by atoms with E-state index in [1.807, 2.05) is 16.7 Å². The average Bonchev–Trinajstić information content (AvgIpc) is 3.16. The van der Waals surface area contributed by atoms with Crippen LogP contribution in [0.2, 0.25) is 0 Å². The molecule has 0 amide bonds. The Balaban J connectivity index is 1.76. The van der Waals surface area contributed by atoms with E-state index in [1.54, 1.807) is 39.5 Å². The fourth-order valence-electron chi connectivity index (χ4n) is 3.54. The van der Waals surface area contributed by atoms with Gasteiger partial charge in [0.15, 0.2) is 9.84 Å². The lowest BCUT2D eigenvalue weighted by Crippen LogP contribution is -2.30. The van der Waals surface area contributed by atoms with Gasteiger partial charge in [0.1, 0.15) is 12.2 Å². The summed E-state index contributed by atoms with van der Waals surface area (Å²) in [7, 11) is -3.25. The highest BCUT2D eigenvalue weighted by atomic mass is 32.2. The second-order valence-corrected chi connectivity index (χ2v) is 10.2. The van der Waals surface area contributed by atoms with Crippen LogP contribution in [0.1, 0.15) is 37.7 Å². The molecule has 0 aliphatic carbocycles. The molecule has 1 aliphatic heterocycles. The summed E-state index contributed by atoms with van der Waals surface area (Å²) in [4.78, 5) is 4.33. The number of hydrogen-bond acceptors (Lipinski definition) is 5. The zero-order valence-electron chi connectivity index (χ0n) is 15.7. The average molecular weight is 382 g/mol. The Hall–Kier alpha value is -2.54. The quantitative estimate of drug-likeness (QED) is 0.693. The van der Waals surface area contributed by atoms with Crippen LogP contribution in [0.25, 0.3) is 16.8 Å². The van der Waals surface area contributed by atoms with Gasteiger partial charge in [-0.2, -0.15) is 0 Å². The standard InChI is InChI=1S/C20H22N4O2S/c1-4-27(25,26)20(2,3)17-10-16(11-21-12-17)14-5-7-18-15(9-14)6-8-19-23-22-13-24(18)19/h5,7,9-13H,4,6,8H2,1-3H3. The molecule has 0 spiro atoms. The molecule has 0 saturated heterocycles. The normalized spacial score (nSPS) is 13.9. The largest absolute Gasteiger partial charge is 0.285 e. The summed E-state index contributed by atoms with van der Waals surface area (Å²) in [6.45, 7) is 5.16. The predicted octanol–water partition coefficient (Wildman–Crippen LogP) is 3.10. The molecule has 0 saturated carbocycles. The summed E-state index contributed by atoms with van der Waals surface area (Å²) >= 11 is 0. The number of aromatic nitrogens is 4. The van der Waals surface area contributed by atoms with Gasteiger partial charge in [-0.15, -0.1) is 10.2 Å². The Labute approximate surface area is 159 Å². The third-order valence-electron chi connectivity index (χ3n) is 5.50. The Kier molecular flexibility index (Phi) is 4.14. The van der Waals surface area contributed by atoms with Crippen molar-refractivity contribution < 1.29 is 8.42 Å².